The van der Waals surface area contributed by atoms with Crippen molar-refractivity contribution >= 4 is 44.8 Å². The maximum Gasteiger partial charge on any atom is 0.257 e. The van der Waals surface area contributed by atoms with Gasteiger partial charge in [-0.25, -0.2) is 8.42 Å². The molecule has 0 saturated carbocycles. The Hall–Kier alpha value is -2.38. The van der Waals surface area contributed by atoms with Crippen LogP contribution in [0.2, 0.25) is 10.0 Å². The molecule has 3 aromatic rings. The Morgan fingerprint density at radius 3 is 2.47 bits per heavy atom. The van der Waals surface area contributed by atoms with Crippen LogP contribution in [-0.4, -0.2) is 25.2 Å². The third kappa shape index (κ3) is 4.23. The minimum absolute atomic E-state index is 0.244. The van der Waals surface area contributed by atoms with E-state index in [4.69, 9.17) is 23.2 Å². The Morgan fingerprint density at radius 2 is 1.70 bits per heavy atom. The van der Waals surface area contributed by atoms with E-state index in [1.54, 1.807) is 54.6 Å². The molecule has 0 saturated heterocycles. The number of nitrogens with one attached hydrogen (secondary N) is 1. The topological polar surface area (TPSA) is 66.5 Å². The van der Waals surface area contributed by atoms with Crippen LogP contribution in [0, 0.1) is 0 Å². The monoisotopic (exact) mass is 460 g/mol. The summed E-state index contributed by atoms with van der Waals surface area (Å²) in [6.07, 6.45) is 0.607. The Bertz CT molecular complexity index is 1210. The van der Waals surface area contributed by atoms with Crippen molar-refractivity contribution in [2.45, 2.75) is 17.9 Å². The van der Waals surface area contributed by atoms with Gasteiger partial charge >= 0.3 is 0 Å². The number of hydrogen-bond donors (Lipinski definition) is 1. The van der Waals surface area contributed by atoms with Gasteiger partial charge in [0.25, 0.3) is 5.91 Å². The molecule has 0 fully saturated rings. The van der Waals surface area contributed by atoms with Crippen molar-refractivity contribution < 1.29 is 13.2 Å². The molecule has 0 spiro atoms. The smallest absolute Gasteiger partial charge is 0.257 e. The molecular formula is C22H18Cl2N2O3S. The number of halogens is 2. The molecule has 5 nitrogen and oxygen atoms in total. The molecule has 1 N–H and O–H groups in total. The zero-order chi connectivity index (χ0) is 21.3. The Morgan fingerprint density at radius 1 is 0.933 bits per heavy atom. The van der Waals surface area contributed by atoms with Gasteiger partial charge in [0.15, 0.2) is 0 Å². The summed E-state index contributed by atoms with van der Waals surface area (Å²) in [4.78, 5) is 12.9. The molecule has 0 atom stereocenters. The highest BCUT2D eigenvalue weighted by molar-refractivity contribution is 7.89. The molecular weight excluding hydrogens is 443 g/mol. The van der Waals surface area contributed by atoms with Gasteiger partial charge in [-0.1, -0.05) is 47.5 Å². The van der Waals surface area contributed by atoms with E-state index in [-0.39, 0.29) is 22.9 Å². The average Bonchev–Trinajstić information content (AvgIpc) is 2.75. The third-order valence-corrected chi connectivity index (χ3v) is 7.42. The number of sulfonamides is 1. The average molecular weight is 461 g/mol. The normalized spacial score (nSPS) is 14.2. The van der Waals surface area contributed by atoms with Crippen LogP contribution < -0.4 is 5.32 Å². The number of amides is 1. The first kappa shape index (κ1) is 20.9. The molecule has 8 heteroatoms. The molecule has 1 aliphatic rings. The van der Waals surface area contributed by atoms with E-state index in [2.05, 4.69) is 5.32 Å². The molecule has 154 valence electrons. The number of anilines is 1. The summed E-state index contributed by atoms with van der Waals surface area (Å²) in [6.45, 7) is 0.655. The van der Waals surface area contributed by atoms with E-state index < -0.39 is 10.0 Å². The molecule has 0 aromatic heterocycles. The van der Waals surface area contributed by atoms with Crippen LogP contribution in [0.5, 0.6) is 0 Å². The highest BCUT2D eigenvalue weighted by Crippen LogP contribution is 2.28. The van der Waals surface area contributed by atoms with Gasteiger partial charge in [0.1, 0.15) is 0 Å². The van der Waals surface area contributed by atoms with Gasteiger partial charge in [0.2, 0.25) is 10.0 Å². The molecule has 0 bridgehead atoms. The molecule has 0 unspecified atom stereocenters. The van der Waals surface area contributed by atoms with E-state index in [1.807, 2.05) is 6.07 Å². The van der Waals surface area contributed by atoms with Crippen molar-refractivity contribution in [3.8, 4) is 0 Å². The largest absolute Gasteiger partial charge is 0.322 e. The Labute approximate surface area is 185 Å². The van der Waals surface area contributed by atoms with Gasteiger partial charge in [-0.05, 0) is 60.0 Å². The first-order valence-electron chi connectivity index (χ1n) is 9.28. The Kier molecular flexibility index (Phi) is 5.84. The molecule has 3 aromatic carbocycles. The van der Waals surface area contributed by atoms with Crippen LogP contribution in [-0.2, 0) is 23.0 Å². The van der Waals surface area contributed by atoms with Gasteiger partial charge < -0.3 is 5.32 Å². The quantitative estimate of drug-likeness (QED) is 0.595. The maximum atomic E-state index is 12.9. The standard InChI is InChI=1S/C22H18Cl2N2O3S/c23-17-7-9-21(24)20(13-17)22(27)25-18-8-6-15-10-11-26(14-16(15)12-18)30(28,29)19-4-2-1-3-5-19/h1-9,12-13H,10-11,14H2,(H,25,27). The Balaban J connectivity index is 1.56. The molecule has 0 aliphatic carbocycles. The van der Waals surface area contributed by atoms with E-state index in [0.29, 0.717) is 28.7 Å². The van der Waals surface area contributed by atoms with Gasteiger partial charge in [-0.15, -0.1) is 0 Å². The van der Waals surface area contributed by atoms with Crippen molar-refractivity contribution in [1.82, 2.24) is 4.31 Å². The molecule has 30 heavy (non-hydrogen) atoms. The predicted octanol–water partition coefficient (Wildman–Crippen LogP) is 4.99. The predicted molar refractivity (Wildman–Crippen MR) is 119 cm³/mol. The number of nitrogens with zero attached hydrogens (tertiary/aromatic N) is 1. The lowest BCUT2D eigenvalue weighted by Crippen LogP contribution is -2.36. The lowest BCUT2D eigenvalue weighted by molar-refractivity contribution is 0.102. The van der Waals surface area contributed by atoms with Gasteiger partial charge in [0.05, 0.1) is 15.5 Å². The van der Waals surface area contributed by atoms with Crippen LogP contribution in [0.3, 0.4) is 0 Å². The first-order chi connectivity index (χ1) is 14.3. The summed E-state index contributed by atoms with van der Waals surface area (Å²) in [5.41, 5.74) is 2.76. The highest BCUT2D eigenvalue weighted by Gasteiger charge is 2.28. The first-order valence-corrected chi connectivity index (χ1v) is 11.5. The molecule has 0 radical (unpaired) electrons. The second-order valence-electron chi connectivity index (χ2n) is 6.96. The van der Waals surface area contributed by atoms with Crippen molar-refractivity contribution in [1.29, 1.82) is 0 Å². The number of fused-ring (bicyclic) bond motifs is 1. The summed E-state index contributed by atoms with van der Waals surface area (Å²) < 4.78 is 27.3. The van der Waals surface area contributed by atoms with Crippen LogP contribution >= 0.6 is 23.2 Å². The fraction of sp³-hybridized carbons (Fsp3) is 0.136. The fourth-order valence-electron chi connectivity index (χ4n) is 3.43. The summed E-state index contributed by atoms with van der Waals surface area (Å²) in [6, 6.07) is 18.6. The van der Waals surface area contributed by atoms with Crippen molar-refractivity contribution in [3.63, 3.8) is 0 Å². The van der Waals surface area contributed by atoms with Crippen molar-refractivity contribution in [2.75, 3.05) is 11.9 Å². The zero-order valence-corrected chi connectivity index (χ0v) is 18.1. The SMILES string of the molecule is O=C(Nc1ccc2c(c1)CN(S(=O)(=O)c1ccccc1)CC2)c1cc(Cl)ccc1Cl. The number of carbonyl (C=O) groups is 1. The summed E-state index contributed by atoms with van der Waals surface area (Å²) in [5, 5.41) is 3.53. The maximum absolute atomic E-state index is 12.9. The second kappa shape index (κ2) is 8.40. The number of rotatable bonds is 4. The van der Waals surface area contributed by atoms with Crippen LogP contribution in [0.4, 0.5) is 5.69 Å². The van der Waals surface area contributed by atoms with Crippen molar-refractivity contribution in [2.24, 2.45) is 0 Å². The third-order valence-electron chi connectivity index (χ3n) is 5.00. The molecule has 1 heterocycles. The van der Waals surface area contributed by atoms with E-state index in [9.17, 15) is 13.2 Å². The van der Waals surface area contributed by atoms with Gasteiger partial charge in [-0.2, -0.15) is 4.31 Å². The fourth-order valence-corrected chi connectivity index (χ4v) is 5.24. The molecule has 4 rings (SSSR count). The minimum atomic E-state index is -3.58. The number of carbonyl (C=O) groups excluding carboxylic acids is 1. The van der Waals surface area contributed by atoms with E-state index >= 15 is 0 Å². The van der Waals surface area contributed by atoms with E-state index in [0.717, 1.165) is 11.1 Å². The van der Waals surface area contributed by atoms with E-state index in [1.165, 1.54) is 10.4 Å². The molecule has 1 aliphatic heterocycles. The number of hydrogen-bond acceptors (Lipinski definition) is 3. The molecule has 1 amide bonds. The van der Waals surface area contributed by atoms with Crippen molar-refractivity contribution in [3.05, 3.63) is 93.5 Å². The van der Waals surface area contributed by atoms with Gasteiger partial charge in [-0.3, -0.25) is 4.79 Å². The van der Waals surface area contributed by atoms with Gasteiger partial charge in [0, 0.05) is 23.8 Å². The lowest BCUT2D eigenvalue weighted by atomic mass is 10.0. The van der Waals surface area contributed by atoms with Crippen LogP contribution in [0.15, 0.2) is 71.6 Å². The minimum Gasteiger partial charge on any atom is -0.322 e. The lowest BCUT2D eigenvalue weighted by Gasteiger charge is -2.28. The second-order valence-corrected chi connectivity index (χ2v) is 9.74. The highest BCUT2D eigenvalue weighted by atomic mass is 35.5. The van der Waals surface area contributed by atoms with Crippen LogP contribution in [0.25, 0.3) is 0 Å². The summed E-state index contributed by atoms with van der Waals surface area (Å²) >= 11 is 12.1. The summed E-state index contributed by atoms with van der Waals surface area (Å²) in [7, 11) is -3.58. The summed E-state index contributed by atoms with van der Waals surface area (Å²) in [5.74, 6) is -0.382. The van der Waals surface area contributed by atoms with Crippen LogP contribution in [0.1, 0.15) is 21.5 Å². The number of benzene rings is 3. The zero-order valence-electron chi connectivity index (χ0n) is 15.8.